The fraction of sp³-hybridized carbons (Fsp3) is 0.407. The molecule has 0 spiro atoms. The van der Waals surface area contributed by atoms with E-state index >= 15 is 8.78 Å². The predicted molar refractivity (Wildman–Crippen MR) is 151 cm³/mol. The van der Waals surface area contributed by atoms with Crippen LogP contribution in [-0.2, 0) is 27.8 Å². The Morgan fingerprint density at radius 1 is 1.10 bits per heavy atom. The van der Waals surface area contributed by atoms with E-state index in [0.717, 1.165) is 23.5 Å². The number of nitrogens with one attached hydrogen (secondary N) is 1. The Hall–Kier alpha value is -3.36. The van der Waals surface area contributed by atoms with Gasteiger partial charge in [-0.2, -0.15) is 0 Å². The van der Waals surface area contributed by atoms with Crippen LogP contribution < -0.4 is 14.4 Å². The first-order chi connectivity index (χ1) is 19.1. The van der Waals surface area contributed by atoms with Crippen molar-refractivity contribution >= 4 is 39.0 Å². The van der Waals surface area contributed by atoms with Gasteiger partial charge in [0.25, 0.3) is 10.0 Å². The summed E-state index contributed by atoms with van der Waals surface area (Å²) in [5.41, 5.74) is 0.764. The number of sulfonamides is 1. The molecule has 0 aliphatic heterocycles. The van der Waals surface area contributed by atoms with Crippen LogP contribution in [0.4, 0.5) is 29.5 Å². The molecule has 41 heavy (non-hydrogen) atoms. The highest BCUT2D eigenvalue weighted by molar-refractivity contribution is 7.93. The van der Waals surface area contributed by atoms with Crippen molar-refractivity contribution in [3.05, 3.63) is 63.7 Å². The molecule has 0 radical (unpaired) electrons. The molecule has 2 aromatic carbocycles. The van der Waals surface area contributed by atoms with Crippen LogP contribution in [0.5, 0.6) is 5.75 Å². The Morgan fingerprint density at radius 2 is 1.73 bits per heavy atom. The molecule has 1 aromatic heterocycles. The van der Waals surface area contributed by atoms with Gasteiger partial charge in [-0.15, -0.1) is 15.6 Å². The van der Waals surface area contributed by atoms with Crippen LogP contribution in [0, 0.1) is 17.5 Å². The van der Waals surface area contributed by atoms with Crippen LogP contribution in [0.3, 0.4) is 0 Å². The highest BCUT2D eigenvalue weighted by Crippen LogP contribution is 2.32. The molecule has 0 saturated carbocycles. The Kier molecular flexibility index (Phi) is 9.93. The van der Waals surface area contributed by atoms with Crippen LogP contribution in [0.1, 0.15) is 45.7 Å². The van der Waals surface area contributed by atoms with Gasteiger partial charge in [0.2, 0.25) is 0 Å². The number of hydrogen-bond donors (Lipinski definition) is 1. The Labute approximate surface area is 242 Å². The molecule has 0 fully saturated rings. The lowest BCUT2D eigenvalue weighted by Crippen LogP contribution is -2.41. The summed E-state index contributed by atoms with van der Waals surface area (Å²) in [5, 5.41) is 3.99. The maximum absolute atomic E-state index is 15.3. The van der Waals surface area contributed by atoms with E-state index in [2.05, 4.69) is 10.3 Å². The Bertz CT molecular complexity index is 1470. The second-order valence-electron chi connectivity index (χ2n) is 10.4. The molecular formula is C27H33F3N4O5S2. The minimum Gasteiger partial charge on any atom is -0.496 e. The molecule has 1 heterocycles. The molecule has 9 nitrogen and oxygen atoms in total. The number of carbonyl (C=O) groups excluding carboxylic acids is 1. The van der Waals surface area contributed by atoms with Gasteiger partial charge in [-0.3, -0.25) is 4.90 Å². The first-order valence-corrected chi connectivity index (χ1v) is 14.9. The smallest absolute Gasteiger partial charge is 0.430 e. The van der Waals surface area contributed by atoms with Crippen molar-refractivity contribution in [2.24, 2.45) is 0 Å². The SMILES string of the molecule is COc1ccc(F)c(CNc2cc(F)c(S(=O)(=O)N(C(=O)OC(C)(C)C)c3cscn3)c(F)c2)c1CN(C)C(C)C. The number of benzene rings is 2. The number of carbonyl (C=O) groups is 1. The van der Waals surface area contributed by atoms with Gasteiger partial charge in [-0.25, -0.2) is 31.4 Å². The third kappa shape index (κ3) is 7.49. The lowest BCUT2D eigenvalue weighted by Gasteiger charge is -2.26. The van der Waals surface area contributed by atoms with Gasteiger partial charge < -0.3 is 14.8 Å². The maximum atomic E-state index is 15.3. The number of methoxy groups -OCH3 is 1. The number of aromatic nitrogens is 1. The van der Waals surface area contributed by atoms with Crippen LogP contribution in [0.2, 0.25) is 0 Å². The molecule has 14 heteroatoms. The number of ether oxygens (including phenoxy) is 2. The van der Waals surface area contributed by atoms with E-state index in [1.807, 2.05) is 25.8 Å². The van der Waals surface area contributed by atoms with Crippen LogP contribution in [0.25, 0.3) is 0 Å². The number of amides is 1. The number of halogens is 3. The molecule has 0 aliphatic rings. The minimum atomic E-state index is -5.14. The third-order valence-electron chi connectivity index (χ3n) is 5.99. The molecule has 0 atom stereocenters. The third-order valence-corrected chi connectivity index (χ3v) is 8.29. The largest absolute Gasteiger partial charge is 0.496 e. The fourth-order valence-corrected chi connectivity index (χ4v) is 5.70. The Morgan fingerprint density at radius 3 is 2.24 bits per heavy atom. The number of nitrogens with zero attached hydrogens (tertiary/aromatic N) is 3. The number of thiazole rings is 1. The van der Waals surface area contributed by atoms with Gasteiger partial charge in [0.1, 0.15) is 28.8 Å². The van der Waals surface area contributed by atoms with Crippen molar-refractivity contribution in [2.75, 3.05) is 23.8 Å². The van der Waals surface area contributed by atoms with Gasteiger partial charge in [0.15, 0.2) is 10.7 Å². The van der Waals surface area contributed by atoms with Crippen molar-refractivity contribution in [2.45, 2.75) is 64.2 Å². The van der Waals surface area contributed by atoms with Gasteiger partial charge in [-0.05, 0) is 65.9 Å². The highest BCUT2D eigenvalue weighted by Gasteiger charge is 2.39. The van der Waals surface area contributed by atoms with Crippen molar-refractivity contribution in [3.8, 4) is 5.75 Å². The zero-order chi connectivity index (χ0) is 30.7. The van der Waals surface area contributed by atoms with Gasteiger partial charge in [-0.1, -0.05) is 0 Å². The van der Waals surface area contributed by atoms with Gasteiger partial charge >= 0.3 is 6.09 Å². The molecule has 3 rings (SSSR count). The zero-order valence-corrected chi connectivity index (χ0v) is 25.4. The lowest BCUT2D eigenvalue weighted by molar-refractivity contribution is 0.0608. The predicted octanol–water partition coefficient (Wildman–Crippen LogP) is 6.15. The molecule has 0 bridgehead atoms. The monoisotopic (exact) mass is 614 g/mol. The van der Waals surface area contributed by atoms with Crippen molar-refractivity contribution in [3.63, 3.8) is 0 Å². The van der Waals surface area contributed by atoms with Crippen molar-refractivity contribution in [1.82, 2.24) is 9.88 Å². The highest BCUT2D eigenvalue weighted by atomic mass is 32.2. The molecule has 224 valence electrons. The lowest BCUT2D eigenvalue weighted by atomic mass is 10.0. The van der Waals surface area contributed by atoms with Crippen molar-refractivity contribution < 1.29 is 35.9 Å². The number of rotatable bonds is 10. The second-order valence-corrected chi connectivity index (χ2v) is 12.9. The minimum absolute atomic E-state index is 0.118. The maximum Gasteiger partial charge on any atom is 0.430 e. The van der Waals surface area contributed by atoms with E-state index in [0.29, 0.717) is 17.9 Å². The molecular weight excluding hydrogens is 581 g/mol. The quantitative estimate of drug-likeness (QED) is 0.290. The summed E-state index contributed by atoms with van der Waals surface area (Å²) in [6.45, 7) is 8.64. The summed E-state index contributed by atoms with van der Waals surface area (Å²) < 4.78 is 83.1. The van der Waals surface area contributed by atoms with Gasteiger partial charge in [0, 0.05) is 41.3 Å². The molecule has 0 unspecified atom stereocenters. The zero-order valence-electron chi connectivity index (χ0n) is 23.8. The van der Waals surface area contributed by atoms with E-state index in [1.54, 1.807) is 0 Å². The molecule has 0 aliphatic carbocycles. The number of anilines is 2. The fourth-order valence-electron chi connectivity index (χ4n) is 3.75. The normalized spacial score (nSPS) is 12.1. The van der Waals surface area contributed by atoms with E-state index in [9.17, 15) is 17.6 Å². The molecule has 3 aromatic rings. The standard InChI is InChI=1S/C27H33F3N4O5S2/c1-16(2)33(6)13-19-18(20(28)8-9-23(19)38-7)12-31-17-10-21(29)25(22(30)11-17)41(36,37)34(24-14-40-15-32-24)26(35)39-27(3,4)5/h8-11,14-16,31H,12-13H2,1-7H3. The summed E-state index contributed by atoms with van der Waals surface area (Å²) in [5.74, 6) is -3.43. The Balaban J connectivity index is 1.98. The van der Waals surface area contributed by atoms with E-state index in [4.69, 9.17) is 9.47 Å². The van der Waals surface area contributed by atoms with Crippen LogP contribution in [-0.4, -0.2) is 50.2 Å². The van der Waals surface area contributed by atoms with Crippen LogP contribution in [0.15, 0.2) is 40.1 Å². The van der Waals surface area contributed by atoms with E-state index in [1.165, 1.54) is 50.9 Å². The summed E-state index contributed by atoms with van der Waals surface area (Å²) in [4.78, 5) is 17.3. The van der Waals surface area contributed by atoms with E-state index < -0.39 is 44.1 Å². The van der Waals surface area contributed by atoms with Crippen LogP contribution >= 0.6 is 11.3 Å². The first-order valence-electron chi connectivity index (χ1n) is 12.5. The molecule has 1 N–H and O–H groups in total. The average molecular weight is 615 g/mol. The summed E-state index contributed by atoms with van der Waals surface area (Å²) in [6.07, 6.45) is -1.38. The first kappa shape index (κ1) is 32.2. The number of hydrogen-bond acceptors (Lipinski definition) is 9. The summed E-state index contributed by atoms with van der Waals surface area (Å²) in [6, 6.07) is 4.38. The van der Waals surface area contributed by atoms with Crippen molar-refractivity contribution in [1.29, 1.82) is 0 Å². The molecule has 0 saturated heterocycles. The molecule has 1 amide bonds. The summed E-state index contributed by atoms with van der Waals surface area (Å²) in [7, 11) is -1.82. The van der Waals surface area contributed by atoms with E-state index in [-0.39, 0.29) is 34.0 Å². The average Bonchev–Trinajstić information content (AvgIpc) is 3.35. The van der Waals surface area contributed by atoms with Gasteiger partial charge in [0.05, 0.1) is 12.6 Å². The second kappa shape index (κ2) is 12.7. The topological polar surface area (TPSA) is 101 Å². The summed E-state index contributed by atoms with van der Waals surface area (Å²) >= 11 is 0.975.